The normalized spacial score (nSPS) is 21.1. The van der Waals surface area contributed by atoms with E-state index in [1.165, 1.54) is 0 Å². The fraction of sp³-hybridized carbons (Fsp3) is 0.320. The summed E-state index contributed by atoms with van der Waals surface area (Å²) in [5.74, 6) is -0.0617. The zero-order chi connectivity index (χ0) is 23.4. The second kappa shape index (κ2) is 7.51. The molecule has 1 saturated heterocycles. The number of aliphatic carboxylic acids is 1. The standard InChI is InChI=1S/C25H23N5O4/c1-14-27-20-17-4-2-3-5-19(17)34-21(20)22(28-14)30-13-16(12-18(30)23(31)32)29-24(33)25(8-9-25)15-6-10-26-11-7-15/h2-7,10-11,16,18H,8-9,12-13H2,1H3,(H,29,33)(H,31,32). The monoisotopic (exact) mass is 457 g/mol. The van der Waals surface area contributed by atoms with E-state index in [1.807, 2.05) is 36.4 Å². The molecule has 2 atom stereocenters. The van der Waals surface area contributed by atoms with Crippen molar-refractivity contribution in [2.24, 2.45) is 0 Å². The van der Waals surface area contributed by atoms with Gasteiger partial charge in [0.15, 0.2) is 11.4 Å². The van der Waals surface area contributed by atoms with Crippen molar-refractivity contribution in [2.45, 2.75) is 43.7 Å². The SMILES string of the molecule is Cc1nc(N2CC(NC(=O)C3(c4ccncc4)CC3)CC2C(=O)O)c2oc3ccccc3c2n1. The molecule has 9 nitrogen and oxygen atoms in total. The highest BCUT2D eigenvalue weighted by atomic mass is 16.4. The summed E-state index contributed by atoms with van der Waals surface area (Å²) in [6.07, 6.45) is 5.20. The van der Waals surface area contributed by atoms with Crippen molar-refractivity contribution in [1.29, 1.82) is 0 Å². The average Bonchev–Trinajstić information content (AvgIpc) is 3.42. The first-order valence-electron chi connectivity index (χ1n) is 11.3. The first kappa shape index (κ1) is 20.6. The molecular weight excluding hydrogens is 434 g/mol. The van der Waals surface area contributed by atoms with Gasteiger partial charge in [0.2, 0.25) is 5.91 Å². The summed E-state index contributed by atoms with van der Waals surface area (Å²) in [6.45, 7) is 2.10. The Kier molecular flexibility index (Phi) is 4.55. The van der Waals surface area contributed by atoms with Gasteiger partial charge in [-0.2, -0.15) is 0 Å². The quantitative estimate of drug-likeness (QED) is 0.469. The highest BCUT2D eigenvalue weighted by Crippen LogP contribution is 2.48. The predicted octanol–water partition coefficient (Wildman–Crippen LogP) is 2.96. The van der Waals surface area contributed by atoms with Gasteiger partial charge in [0.25, 0.3) is 0 Å². The van der Waals surface area contributed by atoms with Crippen LogP contribution < -0.4 is 10.2 Å². The number of benzene rings is 1. The predicted molar refractivity (Wildman–Crippen MR) is 125 cm³/mol. The maximum absolute atomic E-state index is 13.2. The number of aryl methyl sites for hydroxylation is 1. The summed E-state index contributed by atoms with van der Waals surface area (Å²) >= 11 is 0. The Hall–Kier alpha value is -4.01. The molecule has 34 heavy (non-hydrogen) atoms. The van der Waals surface area contributed by atoms with E-state index in [1.54, 1.807) is 24.2 Å². The summed E-state index contributed by atoms with van der Waals surface area (Å²) in [5.41, 5.74) is 2.18. The van der Waals surface area contributed by atoms with Gasteiger partial charge in [-0.25, -0.2) is 14.8 Å². The smallest absolute Gasteiger partial charge is 0.326 e. The van der Waals surface area contributed by atoms with Crippen LogP contribution in [-0.4, -0.2) is 50.6 Å². The number of hydrogen-bond acceptors (Lipinski definition) is 7. The Labute approximate surface area is 194 Å². The number of pyridine rings is 1. The van der Waals surface area contributed by atoms with Gasteiger partial charge in [0, 0.05) is 36.8 Å². The number of carboxylic acid groups (broad SMARTS) is 1. The minimum atomic E-state index is -0.965. The summed E-state index contributed by atoms with van der Waals surface area (Å²) in [5, 5.41) is 14.0. The maximum atomic E-state index is 13.2. The van der Waals surface area contributed by atoms with Gasteiger partial charge >= 0.3 is 5.97 Å². The van der Waals surface area contributed by atoms with E-state index in [-0.39, 0.29) is 18.4 Å². The van der Waals surface area contributed by atoms with E-state index in [4.69, 9.17) is 4.42 Å². The van der Waals surface area contributed by atoms with Crippen LogP contribution in [0.25, 0.3) is 22.1 Å². The van der Waals surface area contributed by atoms with Gasteiger partial charge in [-0.05, 0) is 49.6 Å². The van der Waals surface area contributed by atoms with Crippen molar-refractivity contribution in [2.75, 3.05) is 11.4 Å². The van der Waals surface area contributed by atoms with Crippen molar-refractivity contribution in [3.63, 3.8) is 0 Å². The fourth-order valence-electron chi connectivity index (χ4n) is 5.05. The molecule has 0 bridgehead atoms. The van der Waals surface area contributed by atoms with Crippen molar-refractivity contribution < 1.29 is 19.1 Å². The van der Waals surface area contributed by atoms with Crippen LogP contribution in [0.5, 0.6) is 0 Å². The number of nitrogens with one attached hydrogen (secondary N) is 1. The van der Waals surface area contributed by atoms with E-state index in [9.17, 15) is 14.7 Å². The van der Waals surface area contributed by atoms with E-state index in [0.29, 0.717) is 34.9 Å². The van der Waals surface area contributed by atoms with Gasteiger partial charge in [0.05, 0.1) is 5.41 Å². The second-order valence-electron chi connectivity index (χ2n) is 9.10. The molecular formula is C25H23N5O4. The lowest BCUT2D eigenvalue weighted by atomic mass is 9.95. The summed E-state index contributed by atoms with van der Waals surface area (Å²) in [6, 6.07) is 10.1. The van der Waals surface area contributed by atoms with Crippen molar-refractivity contribution in [1.82, 2.24) is 20.3 Å². The lowest BCUT2D eigenvalue weighted by Crippen LogP contribution is -2.43. The molecule has 1 aromatic carbocycles. The van der Waals surface area contributed by atoms with E-state index in [0.717, 1.165) is 23.8 Å². The van der Waals surface area contributed by atoms with Crippen LogP contribution >= 0.6 is 0 Å². The largest absolute Gasteiger partial charge is 0.480 e. The van der Waals surface area contributed by atoms with Crippen LogP contribution in [0, 0.1) is 6.92 Å². The zero-order valence-electron chi connectivity index (χ0n) is 18.6. The third-order valence-corrected chi connectivity index (χ3v) is 6.92. The Morgan fingerprint density at radius 2 is 1.91 bits per heavy atom. The number of para-hydroxylation sites is 1. The number of anilines is 1. The average molecular weight is 457 g/mol. The van der Waals surface area contributed by atoms with E-state index >= 15 is 0 Å². The van der Waals surface area contributed by atoms with E-state index < -0.39 is 17.4 Å². The number of furan rings is 1. The Morgan fingerprint density at radius 3 is 2.65 bits per heavy atom. The lowest BCUT2D eigenvalue weighted by molar-refractivity contribution is -0.138. The molecule has 3 aromatic heterocycles. The molecule has 1 amide bonds. The molecule has 2 N–H and O–H groups in total. The van der Waals surface area contributed by atoms with Crippen molar-refractivity contribution in [3.8, 4) is 0 Å². The van der Waals surface area contributed by atoms with Crippen LogP contribution in [0.1, 0.15) is 30.7 Å². The number of amides is 1. The zero-order valence-corrected chi connectivity index (χ0v) is 18.6. The van der Waals surface area contributed by atoms with Gasteiger partial charge in [-0.1, -0.05) is 12.1 Å². The van der Waals surface area contributed by atoms with Crippen molar-refractivity contribution >= 4 is 39.8 Å². The number of carboxylic acids is 1. The van der Waals surface area contributed by atoms with Crippen LogP contribution in [0.4, 0.5) is 5.82 Å². The lowest BCUT2D eigenvalue weighted by Gasteiger charge is -2.23. The molecule has 4 heterocycles. The minimum absolute atomic E-state index is 0.0672. The molecule has 1 saturated carbocycles. The third kappa shape index (κ3) is 3.19. The molecule has 4 aromatic rings. The Bertz CT molecular complexity index is 1430. The van der Waals surface area contributed by atoms with Gasteiger partial charge in [0.1, 0.15) is 23.0 Å². The van der Waals surface area contributed by atoms with Crippen LogP contribution in [0.3, 0.4) is 0 Å². The molecule has 1 aliphatic carbocycles. The topological polar surface area (TPSA) is 121 Å². The molecule has 2 aliphatic rings. The molecule has 6 rings (SSSR count). The number of hydrogen-bond donors (Lipinski definition) is 2. The van der Waals surface area contributed by atoms with Gasteiger partial charge in [-0.3, -0.25) is 9.78 Å². The molecule has 172 valence electrons. The highest BCUT2D eigenvalue weighted by molar-refractivity contribution is 6.06. The second-order valence-corrected chi connectivity index (χ2v) is 9.10. The Balaban J connectivity index is 1.33. The molecule has 1 aliphatic heterocycles. The highest BCUT2D eigenvalue weighted by Gasteiger charge is 2.52. The summed E-state index contributed by atoms with van der Waals surface area (Å²) < 4.78 is 6.06. The number of carbonyl (C=O) groups is 2. The number of carbonyl (C=O) groups excluding carboxylic acids is 1. The summed E-state index contributed by atoms with van der Waals surface area (Å²) in [4.78, 5) is 40.3. The van der Waals surface area contributed by atoms with Crippen molar-refractivity contribution in [3.05, 3.63) is 60.2 Å². The molecule has 0 spiro atoms. The van der Waals surface area contributed by atoms with E-state index in [2.05, 4.69) is 20.3 Å². The number of nitrogens with zero attached hydrogens (tertiary/aromatic N) is 4. The molecule has 0 radical (unpaired) electrons. The minimum Gasteiger partial charge on any atom is -0.480 e. The van der Waals surface area contributed by atoms with Gasteiger partial charge < -0.3 is 19.7 Å². The fourth-order valence-corrected chi connectivity index (χ4v) is 5.05. The van der Waals surface area contributed by atoms with Crippen LogP contribution in [-0.2, 0) is 15.0 Å². The molecule has 2 unspecified atom stereocenters. The number of rotatable bonds is 5. The Morgan fingerprint density at radius 1 is 1.15 bits per heavy atom. The van der Waals surface area contributed by atoms with Gasteiger partial charge in [-0.15, -0.1) is 0 Å². The molecule has 9 heteroatoms. The van der Waals surface area contributed by atoms with Crippen LogP contribution in [0.15, 0.2) is 53.2 Å². The summed E-state index contributed by atoms with van der Waals surface area (Å²) in [7, 11) is 0. The number of aromatic nitrogens is 3. The first-order valence-corrected chi connectivity index (χ1v) is 11.3. The molecule has 2 fully saturated rings. The maximum Gasteiger partial charge on any atom is 0.326 e. The first-order chi connectivity index (χ1) is 16.5. The van der Waals surface area contributed by atoms with Crippen LogP contribution in [0.2, 0.25) is 0 Å². The third-order valence-electron chi connectivity index (χ3n) is 6.92. The number of fused-ring (bicyclic) bond motifs is 3.